The quantitative estimate of drug-likeness (QED) is 0.338. The highest BCUT2D eigenvalue weighted by Crippen LogP contribution is 2.60. The van der Waals surface area contributed by atoms with E-state index in [1.54, 1.807) is 11.8 Å². The summed E-state index contributed by atoms with van der Waals surface area (Å²) >= 11 is 1.65. The second kappa shape index (κ2) is 8.12. The number of carbonyl (C=O) groups excluding carboxylic acids is 1. The number of halogens is 3. The Kier molecular flexibility index (Phi) is 5.88. The van der Waals surface area contributed by atoms with Crippen molar-refractivity contribution in [1.29, 1.82) is 0 Å². The molecule has 1 heterocycles. The molecule has 0 radical (unpaired) electrons. The van der Waals surface area contributed by atoms with Crippen molar-refractivity contribution in [3.63, 3.8) is 0 Å². The van der Waals surface area contributed by atoms with Gasteiger partial charge in [0.15, 0.2) is 5.16 Å². The summed E-state index contributed by atoms with van der Waals surface area (Å²) < 4.78 is 43.2. The van der Waals surface area contributed by atoms with Crippen molar-refractivity contribution in [1.82, 2.24) is 14.8 Å². The first-order valence-corrected chi connectivity index (χ1v) is 11.6. The third-order valence-corrected chi connectivity index (χ3v) is 7.59. The number of nitrogens with zero attached hydrogens (tertiary/aromatic N) is 3. The summed E-state index contributed by atoms with van der Waals surface area (Å²) in [6, 6.07) is 0. The number of aromatic nitrogens is 3. The van der Waals surface area contributed by atoms with Gasteiger partial charge >= 0.3 is 12.1 Å². The molecule has 0 atom stereocenters. The van der Waals surface area contributed by atoms with E-state index in [-0.39, 0.29) is 12.0 Å². The Morgan fingerprint density at radius 3 is 2.31 bits per heavy atom. The molecule has 0 aromatic carbocycles. The number of unbranched alkanes of at least 4 members (excludes halogenated alkanes) is 1. The van der Waals surface area contributed by atoms with Crippen LogP contribution in [0.25, 0.3) is 0 Å². The molecule has 1 aromatic rings. The molecule has 0 aliphatic heterocycles. The maximum Gasteiger partial charge on any atom is 0.490 e. The van der Waals surface area contributed by atoms with E-state index < -0.39 is 12.1 Å². The average Bonchev–Trinajstić information content (AvgIpc) is 3.03. The molecule has 0 spiro atoms. The van der Waals surface area contributed by atoms with Crippen LogP contribution in [0.1, 0.15) is 64.1 Å². The molecule has 1 aromatic heterocycles. The Morgan fingerprint density at radius 1 is 1.14 bits per heavy atom. The van der Waals surface area contributed by atoms with Crippen molar-refractivity contribution in [2.75, 3.05) is 12.4 Å². The van der Waals surface area contributed by atoms with Crippen molar-refractivity contribution in [3.05, 3.63) is 5.82 Å². The monoisotopic (exact) mass is 431 g/mol. The summed E-state index contributed by atoms with van der Waals surface area (Å²) in [6.45, 7) is 2.50. The fraction of sp³-hybridized carbons (Fsp3) is 0.850. The highest BCUT2D eigenvalue weighted by molar-refractivity contribution is 7.99. The van der Waals surface area contributed by atoms with Gasteiger partial charge in [-0.3, -0.25) is 0 Å². The van der Waals surface area contributed by atoms with Gasteiger partial charge in [0.1, 0.15) is 5.82 Å². The smallest absolute Gasteiger partial charge is 0.459 e. The second-order valence-electron chi connectivity index (χ2n) is 8.93. The van der Waals surface area contributed by atoms with Crippen LogP contribution in [-0.4, -0.2) is 39.3 Å². The SMILES string of the molecule is CCSc1nnc(C23CC4CC(CC(C4)C2)C3)n1CCCCOC(=O)C(F)(F)F. The zero-order chi connectivity index (χ0) is 20.6. The Hall–Kier alpha value is -1.25. The summed E-state index contributed by atoms with van der Waals surface area (Å²) in [5, 5.41) is 10.0. The lowest BCUT2D eigenvalue weighted by molar-refractivity contribution is -0.199. The molecule has 4 fully saturated rings. The van der Waals surface area contributed by atoms with E-state index in [0.29, 0.717) is 19.4 Å². The van der Waals surface area contributed by atoms with Crippen molar-refractivity contribution in [2.45, 2.75) is 81.6 Å². The van der Waals surface area contributed by atoms with Crippen molar-refractivity contribution < 1.29 is 22.7 Å². The molecule has 0 saturated heterocycles. The summed E-state index contributed by atoms with van der Waals surface area (Å²) in [5.41, 5.74) is 0.122. The standard InChI is InChI=1S/C20H28F3N3O2S/c1-2-29-18-25-24-16(19-10-13-7-14(11-19)9-15(8-13)12-19)26(18)5-3-4-6-28-17(27)20(21,22)23/h13-15H,2-12H2,1H3. The molecule has 5 rings (SSSR count). The predicted octanol–water partition coefficient (Wildman–Crippen LogP) is 4.74. The Morgan fingerprint density at radius 2 is 1.76 bits per heavy atom. The maximum atomic E-state index is 12.2. The van der Waals surface area contributed by atoms with E-state index in [4.69, 9.17) is 0 Å². The summed E-state index contributed by atoms with van der Waals surface area (Å²) in [4.78, 5) is 10.8. The molecule has 29 heavy (non-hydrogen) atoms. The first-order chi connectivity index (χ1) is 13.8. The number of esters is 1. The zero-order valence-electron chi connectivity index (χ0n) is 16.7. The van der Waals surface area contributed by atoms with Crippen LogP contribution in [0.4, 0.5) is 13.2 Å². The highest BCUT2D eigenvalue weighted by atomic mass is 32.2. The molecular formula is C20H28F3N3O2S. The van der Waals surface area contributed by atoms with Crippen molar-refractivity contribution in [3.8, 4) is 0 Å². The Bertz CT molecular complexity index is 715. The van der Waals surface area contributed by atoms with Crippen LogP contribution in [0.15, 0.2) is 5.16 Å². The van der Waals surface area contributed by atoms with E-state index in [1.807, 2.05) is 0 Å². The minimum absolute atomic E-state index is 0.122. The highest BCUT2D eigenvalue weighted by Gasteiger charge is 2.54. The average molecular weight is 432 g/mol. The van der Waals surface area contributed by atoms with Gasteiger partial charge in [0.25, 0.3) is 0 Å². The fourth-order valence-electron chi connectivity index (χ4n) is 6.12. The molecule has 4 bridgehead atoms. The lowest BCUT2D eigenvalue weighted by atomic mass is 9.49. The molecule has 0 N–H and O–H groups in total. The van der Waals surface area contributed by atoms with Crippen molar-refractivity contribution >= 4 is 17.7 Å². The molecule has 0 amide bonds. The van der Waals surface area contributed by atoms with Gasteiger partial charge in [0.05, 0.1) is 6.61 Å². The van der Waals surface area contributed by atoms with Crippen LogP contribution in [0, 0.1) is 17.8 Å². The predicted molar refractivity (Wildman–Crippen MR) is 103 cm³/mol. The van der Waals surface area contributed by atoms with Gasteiger partial charge in [-0.15, -0.1) is 10.2 Å². The first kappa shape index (κ1) is 21.0. The lowest BCUT2D eigenvalue weighted by Gasteiger charge is -2.56. The Labute approximate surface area is 173 Å². The molecule has 162 valence electrons. The molecule has 4 aliphatic rings. The topological polar surface area (TPSA) is 57.0 Å². The number of hydrogen-bond donors (Lipinski definition) is 0. The maximum absolute atomic E-state index is 12.2. The number of thioether (sulfide) groups is 1. The molecule has 0 unspecified atom stereocenters. The fourth-order valence-corrected chi connectivity index (χ4v) is 6.81. The minimum atomic E-state index is -4.93. The van der Waals surface area contributed by atoms with Crippen LogP contribution >= 0.6 is 11.8 Å². The van der Waals surface area contributed by atoms with Crippen molar-refractivity contribution in [2.24, 2.45) is 17.8 Å². The largest absolute Gasteiger partial charge is 0.490 e. The molecule has 4 aliphatic carbocycles. The summed E-state index contributed by atoms with van der Waals surface area (Å²) in [6.07, 6.45) is 3.73. The van der Waals surface area contributed by atoms with E-state index >= 15 is 0 Å². The van der Waals surface area contributed by atoms with Crippen LogP contribution < -0.4 is 0 Å². The number of rotatable bonds is 8. The Balaban J connectivity index is 1.43. The van der Waals surface area contributed by atoms with E-state index in [0.717, 1.165) is 34.5 Å². The van der Waals surface area contributed by atoms with Crippen LogP contribution in [0.3, 0.4) is 0 Å². The van der Waals surface area contributed by atoms with E-state index in [2.05, 4.69) is 26.4 Å². The van der Waals surface area contributed by atoms with Gasteiger partial charge in [-0.05, 0) is 74.9 Å². The van der Waals surface area contributed by atoms with Gasteiger partial charge in [-0.25, -0.2) is 4.79 Å². The molecule has 4 saturated carbocycles. The van der Waals surface area contributed by atoms with E-state index in [9.17, 15) is 18.0 Å². The number of alkyl halides is 3. The lowest BCUT2D eigenvalue weighted by Crippen LogP contribution is -2.49. The van der Waals surface area contributed by atoms with Crippen LogP contribution in [-0.2, 0) is 21.5 Å². The normalized spacial score (nSPS) is 30.7. The number of hydrogen-bond acceptors (Lipinski definition) is 5. The van der Waals surface area contributed by atoms with Gasteiger partial charge in [0, 0.05) is 12.0 Å². The zero-order valence-corrected chi connectivity index (χ0v) is 17.5. The van der Waals surface area contributed by atoms with Gasteiger partial charge in [-0.2, -0.15) is 13.2 Å². The molecule has 5 nitrogen and oxygen atoms in total. The molecule has 9 heteroatoms. The first-order valence-electron chi connectivity index (χ1n) is 10.6. The van der Waals surface area contributed by atoms with Gasteiger partial charge < -0.3 is 9.30 Å². The number of ether oxygens (including phenoxy) is 1. The van der Waals surface area contributed by atoms with Gasteiger partial charge in [-0.1, -0.05) is 18.7 Å². The minimum Gasteiger partial charge on any atom is -0.459 e. The third-order valence-electron chi connectivity index (χ3n) is 6.74. The van der Waals surface area contributed by atoms with E-state index in [1.165, 1.54) is 38.5 Å². The number of carbonyl (C=O) groups is 1. The summed E-state index contributed by atoms with van der Waals surface area (Å²) in [7, 11) is 0. The molecular weight excluding hydrogens is 403 g/mol. The van der Waals surface area contributed by atoms with Gasteiger partial charge in [0.2, 0.25) is 0 Å². The summed E-state index contributed by atoms with van der Waals surface area (Å²) in [5.74, 6) is 2.27. The van der Waals surface area contributed by atoms with Crippen LogP contribution in [0.2, 0.25) is 0 Å². The third kappa shape index (κ3) is 4.30. The van der Waals surface area contributed by atoms with Crippen LogP contribution in [0.5, 0.6) is 0 Å². The second-order valence-corrected chi connectivity index (χ2v) is 10.2.